The number of carbonyl (C=O) groups excluding carboxylic acids is 2. The molecule has 0 spiro atoms. The van der Waals surface area contributed by atoms with E-state index in [4.69, 9.17) is 0 Å². The average molecular weight is 294 g/mol. The van der Waals surface area contributed by atoms with E-state index in [-0.39, 0.29) is 12.3 Å². The van der Waals surface area contributed by atoms with Crippen LogP contribution in [0.4, 0.5) is 13.2 Å². The van der Waals surface area contributed by atoms with E-state index in [1.165, 1.54) is 6.92 Å². The predicted molar refractivity (Wildman–Crippen MR) is 67.9 cm³/mol. The zero-order valence-corrected chi connectivity index (χ0v) is 12.0. The number of hydrogen-bond donors (Lipinski definition) is 1. The Kier molecular flexibility index (Phi) is 5.05. The molecule has 2 amide bonds. The number of nitrogens with zero attached hydrogens (tertiary/aromatic N) is 1. The normalized spacial score (nSPS) is 27.7. The Balaban J connectivity index is 2.96. The number of nitrogens with one attached hydrogen (secondary N) is 1. The van der Waals surface area contributed by atoms with Gasteiger partial charge < -0.3 is 10.2 Å². The molecule has 0 aliphatic carbocycles. The Morgan fingerprint density at radius 1 is 1.30 bits per heavy atom. The summed E-state index contributed by atoms with van der Waals surface area (Å²) in [7, 11) is 0. The second-order valence-electron chi connectivity index (χ2n) is 5.30. The molecule has 0 aromatic rings. The molecule has 20 heavy (non-hydrogen) atoms. The third-order valence-corrected chi connectivity index (χ3v) is 3.84. The minimum absolute atomic E-state index is 0.279. The van der Waals surface area contributed by atoms with Crippen LogP contribution in [0, 0.1) is 0 Å². The van der Waals surface area contributed by atoms with E-state index in [9.17, 15) is 22.8 Å². The lowest BCUT2D eigenvalue weighted by Gasteiger charge is -2.46. The van der Waals surface area contributed by atoms with Crippen LogP contribution < -0.4 is 5.32 Å². The summed E-state index contributed by atoms with van der Waals surface area (Å²) < 4.78 is 37.2. The summed E-state index contributed by atoms with van der Waals surface area (Å²) >= 11 is 0. The fraction of sp³-hybridized carbons (Fsp3) is 0.846. The topological polar surface area (TPSA) is 49.4 Å². The van der Waals surface area contributed by atoms with Gasteiger partial charge in [-0.3, -0.25) is 9.59 Å². The number of alkyl halides is 3. The van der Waals surface area contributed by atoms with Crippen LogP contribution in [0.5, 0.6) is 0 Å². The van der Waals surface area contributed by atoms with E-state index >= 15 is 0 Å². The Labute approximate surface area is 116 Å². The largest absolute Gasteiger partial charge is 0.390 e. The highest BCUT2D eigenvalue weighted by atomic mass is 19.4. The van der Waals surface area contributed by atoms with Crippen molar-refractivity contribution in [3.05, 3.63) is 0 Å². The Bertz CT molecular complexity index is 384. The number of rotatable bonds is 5. The molecule has 2 unspecified atom stereocenters. The zero-order chi connectivity index (χ0) is 15.6. The monoisotopic (exact) mass is 294 g/mol. The minimum Gasteiger partial charge on any atom is -0.342 e. The van der Waals surface area contributed by atoms with E-state index in [1.807, 2.05) is 6.92 Å². The van der Waals surface area contributed by atoms with Gasteiger partial charge in [0.1, 0.15) is 11.6 Å². The number of carbonyl (C=O) groups is 2. The van der Waals surface area contributed by atoms with Crippen LogP contribution in [0.25, 0.3) is 0 Å². The molecule has 1 N–H and O–H groups in total. The summed E-state index contributed by atoms with van der Waals surface area (Å²) in [4.78, 5) is 25.5. The van der Waals surface area contributed by atoms with E-state index in [0.29, 0.717) is 12.8 Å². The summed E-state index contributed by atoms with van der Waals surface area (Å²) in [6, 6.07) is -0.708. The standard InChI is InChI=1S/C13H21F3N2O2/c1-4-6-9-10(19)18(8-7-13(14,15)16)12(3,5-2)11(20)17-9/h9H,4-8H2,1-3H3,(H,17,20). The van der Waals surface area contributed by atoms with Crippen molar-refractivity contribution in [3.8, 4) is 0 Å². The highest BCUT2D eigenvalue weighted by Gasteiger charge is 2.48. The Morgan fingerprint density at radius 3 is 2.35 bits per heavy atom. The molecular formula is C13H21F3N2O2. The lowest BCUT2D eigenvalue weighted by molar-refractivity contribution is -0.165. The van der Waals surface area contributed by atoms with Crippen LogP contribution in [0.1, 0.15) is 46.5 Å². The maximum absolute atomic E-state index is 12.4. The van der Waals surface area contributed by atoms with Gasteiger partial charge >= 0.3 is 6.18 Å². The van der Waals surface area contributed by atoms with Gasteiger partial charge in [0.15, 0.2) is 0 Å². The van der Waals surface area contributed by atoms with Gasteiger partial charge in [-0.05, 0) is 19.8 Å². The smallest absolute Gasteiger partial charge is 0.342 e. The highest BCUT2D eigenvalue weighted by molar-refractivity contribution is 5.99. The van der Waals surface area contributed by atoms with Gasteiger partial charge in [-0.25, -0.2) is 0 Å². The summed E-state index contributed by atoms with van der Waals surface area (Å²) in [6.45, 7) is 4.58. The second-order valence-corrected chi connectivity index (χ2v) is 5.30. The fourth-order valence-corrected chi connectivity index (χ4v) is 2.36. The molecule has 1 rings (SSSR count). The molecule has 0 radical (unpaired) electrons. The Morgan fingerprint density at radius 2 is 1.90 bits per heavy atom. The minimum atomic E-state index is -4.34. The molecule has 7 heteroatoms. The molecule has 1 fully saturated rings. The van der Waals surface area contributed by atoms with E-state index in [2.05, 4.69) is 5.32 Å². The third-order valence-electron chi connectivity index (χ3n) is 3.84. The number of amides is 2. The lowest BCUT2D eigenvalue weighted by atomic mass is 9.89. The van der Waals surface area contributed by atoms with Crippen LogP contribution in [0.2, 0.25) is 0 Å². The molecule has 116 valence electrons. The summed E-state index contributed by atoms with van der Waals surface area (Å²) in [5.74, 6) is -0.791. The van der Waals surface area contributed by atoms with E-state index < -0.39 is 36.6 Å². The second kappa shape index (κ2) is 6.01. The van der Waals surface area contributed by atoms with Crippen molar-refractivity contribution in [1.82, 2.24) is 10.2 Å². The quantitative estimate of drug-likeness (QED) is 0.845. The zero-order valence-electron chi connectivity index (χ0n) is 12.0. The first-order valence-electron chi connectivity index (χ1n) is 6.85. The van der Waals surface area contributed by atoms with Gasteiger partial charge in [-0.15, -0.1) is 0 Å². The van der Waals surface area contributed by atoms with Crippen molar-refractivity contribution in [2.75, 3.05) is 6.54 Å². The maximum atomic E-state index is 12.4. The van der Waals surface area contributed by atoms with Crippen LogP contribution in [-0.4, -0.2) is 41.0 Å². The number of piperazine rings is 1. The van der Waals surface area contributed by atoms with Gasteiger partial charge in [0.05, 0.1) is 6.42 Å². The fourth-order valence-electron chi connectivity index (χ4n) is 2.36. The molecule has 1 aliphatic heterocycles. The molecule has 1 saturated heterocycles. The van der Waals surface area contributed by atoms with Gasteiger partial charge in [-0.1, -0.05) is 20.3 Å². The van der Waals surface area contributed by atoms with Crippen LogP contribution in [0.15, 0.2) is 0 Å². The van der Waals surface area contributed by atoms with Crippen molar-refractivity contribution < 1.29 is 22.8 Å². The van der Waals surface area contributed by atoms with Crippen molar-refractivity contribution >= 4 is 11.8 Å². The maximum Gasteiger partial charge on any atom is 0.390 e. The molecule has 0 bridgehead atoms. The first kappa shape index (κ1) is 16.8. The van der Waals surface area contributed by atoms with Crippen LogP contribution in [-0.2, 0) is 9.59 Å². The molecule has 2 atom stereocenters. The van der Waals surface area contributed by atoms with Crippen molar-refractivity contribution in [2.45, 2.75) is 64.2 Å². The molecule has 0 aromatic heterocycles. The summed E-state index contributed by atoms with van der Waals surface area (Å²) in [5, 5.41) is 2.62. The van der Waals surface area contributed by atoms with Crippen molar-refractivity contribution in [2.24, 2.45) is 0 Å². The van der Waals surface area contributed by atoms with Crippen molar-refractivity contribution in [3.63, 3.8) is 0 Å². The Hall–Kier alpha value is -1.27. The molecule has 1 aliphatic rings. The van der Waals surface area contributed by atoms with E-state index in [1.54, 1.807) is 6.92 Å². The molecular weight excluding hydrogens is 273 g/mol. The first-order valence-corrected chi connectivity index (χ1v) is 6.85. The van der Waals surface area contributed by atoms with E-state index in [0.717, 1.165) is 4.90 Å². The molecule has 0 aromatic carbocycles. The molecule has 4 nitrogen and oxygen atoms in total. The van der Waals surface area contributed by atoms with Gasteiger partial charge in [-0.2, -0.15) is 13.2 Å². The molecule has 0 saturated carbocycles. The summed E-state index contributed by atoms with van der Waals surface area (Å²) in [5.41, 5.74) is -1.20. The third kappa shape index (κ3) is 3.43. The SMILES string of the molecule is CCCC1NC(=O)C(C)(CC)N(CCC(F)(F)F)C1=O. The van der Waals surface area contributed by atoms with Gasteiger partial charge in [0.25, 0.3) is 0 Å². The predicted octanol–water partition coefficient (Wildman–Crippen LogP) is 2.23. The van der Waals surface area contributed by atoms with Gasteiger partial charge in [0, 0.05) is 6.54 Å². The average Bonchev–Trinajstić information content (AvgIpc) is 2.34. The first-order chi connectivity index (χ1) is 9.15. The molecule has 1 heterocycles. The highest BCUT2D eigenvalue weighted by Crippen LogP contribution is 2.29. The van der Waals surface area contributed by atoms with Crippen LogP contribution in [0.3, 0.4) is 0 Å². The summed E-state index contributed by atoms with van der Waals surface area (Å²) in [6.07, 6.45) is -4.05. The number of hydrogen-bond acceptors (Lipinski definition) is 2. The van der Waals surface area contributed by atoms with Crippen molar-refractivity contribution in [1.29, 1.82) is 0 Å². The van der Waals surface area contributed by atoms with Gasteiger partial charge in [0.2, 0.25) is 11.8 Å². The lowest BCUT2D eigenvalue weighted by Crippen LogP contribution is -2.69. The number of halogens is 3. The van der Waals surface area contributed by atoms with Crippen LogP contribution >= 0.6 is 0 Å².